The smallest absolute Gasteiger partial charge is 0.223 e. The minimum atomic E-state index is 0. The van der Waals surface area contributed by atoms with Gasteiger partial charge in [0.2, 0.25) is 5.91 Å². The maximum absolute atomic E-state index is 12.0. The van der Waals surface area contributed by atoms with Crippen LogP contribution in [-0.2, 0) is 11.2 Å². The molecule has 1 aliphatic heterocycles. The maximum Gasteiger partial charge on any atom is 0.223 e. The van der Waals surface area contributed by atoms with E-state index in [9.17, 15) is 4.79 Å². The quantitative estimate of drug-likeness (QED) is 0.846. The fourth-order valence-electron chi connectivity index (χ4n) is 2.56. The summed E-state index contributed by atoms with van der Waals surface area (Å²) in [7, 11) is 0. The molecule has 1 aromatic carbocycles. The predicted molar refractivity (Wildman–Crippen MR) is 87.2 cm³/mol. The number of halogens is 1. The second-order valence-electron chi connectivity index (χ2n) is 5.11. The van der Waals surface area contributed by atoms with Crippen LogP contribution in [0.2, 0.25) is 0 Å². The molecule has 0 saturated carbocycles. The van der Waals surface area contributed by atoms with E-state index in [4.69, 9.17) is 4.74 Å². The van der Waals surface area contributed by atoms with Crippen molar-refractivity contribution in [2.75, 3.05) is 26.2 Å². The van der Waals surface area contributed by atoms with E-state index >= 15 is 0 Å². The largest absolute Gasteiger partial charge is 0.494 e. The van der Waals surface area contributed by atoms with E-state index in [1.54, 1.807) is 0 Å². The minimum Gasteiger partial charge on any atom is -0.494 e. The Balaban J connectivity index is 0.00000220. The van der Waals surface area contributed by atoms with E-state index < -0.39 is 0 Å². The highest BCUT2D eigenvalue weighted by Crippen LogP contribution is 2.18. The van der Waals surface area contributed by atoms with E-state index in [1.165, 1.54) is 0 Å². The van der Waals surface area contributed by atoms with Crippen LogP contribution >= 0.6 is 12.4 Å². The summed E-state index contributed by atoms with van der Waals surface area (Å²) >= 11 is 0. The molecule has 0 spiro atoms. The molecule has 4 nitrogen and oxygen atoms in total. The highest BCUT2D eigenvalue weighted by atomic mass is 35.5. The summed E-state index contributed by atoms with van der Waals surface area (Å²) in [6.07, 6.45) is 2.70. The lowest BCUT2D eigenvalue weighted by Crippen LogP contribution is -2.38. The summed E-state index contributed by atoms with van der Waals surface area (Å²) in [6, 6.07) is 8.02. The fraction of sp³-hybridized carbons (Fsp3) is 0.562. The Bertz CT molecular complexity index is 434. The molecule has 1 saturated heterocycles. The number of rotatable bonds is 6. The number of ether oxygens (including phenoxy) is 1. The molecule has 5 heteroatoms. The second kappa shape index (κ2) is 9.64. The standard InChI is InChI=1S/C16H24N2O2.ClH/c1-2-20-15-6-4-3-5-13(15)9-12-18-16(19)14-7-10-17-11-8-14;/h3-6,14,17H,2,7-12H2,1H3,(H,18,19);1H. The van der Waals surface area contributed by atoms with Crippen molar-refractivity contribution in [3.8, 4) is 5.75 Å². The number of para-hydroxylation sites is 1. The first kappa shape index (κ1) is 17.8. The molecular formula is C16H25ClN2O2. The summed E-state index contributed by atoms with van der Waals surface area (Å²) < 4.78 is 5.59. The van der Waals surface area contributed by atoms with Gasteiger partial charge in [-0.3, -0.25) is 4.79 Å². The molecule has 0 bridgehead atoms. The number of hydrogen-bond acceptors (Lipinski definition) is 3. The van der Waals surface area contributed by atoms with E-state index in [2.05, 4.69) is 16.7 Å². The Hall–Kier alpha value is -1.26. The van der Waals surface area contributed by atoms with Crippen LogP contribution < -0.4 is 15.4 Å². The SMILES string of the molecule is CCOc1ccccc1CCNC(=O)C1CCNCC1.Cl. The zero-order valence-corrected chi connectivity index (χ0v) is 13.4. The van der Waals surface area contributed by atoms with Gasteiger partial charge in [0.1, 0.15) is 5.75 Å². The fourth-order valence-corrected chi connectivity index (χ4v) is 2.56. The Labute approximate surface area is 133 Å². The van der Waals surface area contributed by atoms with Crippen LogP contribution in [0, 0.1) is 5.92 Å². The molecule has 118 valence electrons. The van der Waals surface area contributed by atoms with Gasteiger partial charge < -0.3 is 15.4 Å². The molecule has 0 radical (unpaired) electrons. The number of carbonyl (C=O) groups excluding carboxylic acids is 1. The highest BCUT2D eigenvalue weighted by Gasteiger charge is 2.20. The van der Waals surface area contributed by atoms with Crippen molar-refractivity contribution in [1.29, 1.82) is 0 Å². The van der Waals surface area contributed by atoms with Crippen LogP contribution in [0.4, 0.5) is 0 Å². The van der Waals surface area contributed by atoms with Crippen LogP contribution in [0.5, 0.6) is 5.75 Å². The second-order valence-corrected chi connectivity index (χ2v) is 5.11. The molecule has 2 N–H and O–H groups in total. The summed E-state index contributed by atoms with van der Waals surface area (Å²) in [5.74, 6) is 1.30. The van der Waals surface area contributed by atoms with Crippen LogP contribution in [0.25, 0.3) is 0 Å². The molecule has 1 aromatic rings. The molecule has 21 heavy (non-hydrogen) atoms. The molecule has 1 heterocycles. The van der Waals surface area contributed by atoms with Gasteiger partial charge in [-0.15, -0.1) is 12.4 Å². The van der Waals surface area contributed by atoms with Crippen molar-refractivity contribution in [2.24, 2.45) is 5.92 Å². The Morgan fingerprint density at radius 1 is 1.33 bits per heavy atom. The molecule has 2 rings (SSSR count). The first-order valence-electron chi connectivity index (χ1n) is 7.50. The molecule has 0 aromatic heterocycles. The lowest BCUT2D eigenvalue weighted by molar-refractivity contribution is -0.125. The topological polar surface area (TPSA) is 50.4 Å². The molecule has 1 fully saturated rings. The third kappa shape index (κ3) is 5.56. The van der Waals surface area contributed by atoms with Gasteiger partial charge >= 0.3 is 0 Å². The minimum absolute atomic E-state index is 0. The molecule has 1 aliphatic rings. The van der Waals surface area contributed by atoms with Gasteiger partial charge in [-0.2, -0.15) is 0 Å². The number of amides is 1. The van der Waals surface area contributed by atoms with E-state index in [-0.39, 0.29) is 24.2 Å². The third-order valence-electron chi connectivity index (χ3n) is 3.68. The van der Waals surface area contributed by atoms with Gasteiger partial charge in [0, 0.05) is 12.5 Å². The lowest BCUT2D eigenvalue weighted by Gasteiger charge is -2.21. The van der Waals surface area contributed by atoms with Crippen molar-refractivity contribution in [1.82, 2.24) is 10.6 Å². The van der Waals surface area contributed by atoms with Gasteiger partial charge in [0.15, 0.2) is 0 Å². The van der Waals surface area contributed by atoms with Crippen LogP contribution in [0.3, 0.4) is 0 Å². The predicted octanol–water partition coefficient (Wildman–Crippen LogP) is 2.17. The van der Waals surface area contributed by atoms with E-state index in [0.29, 0.717) is 13.2 Å². The molecular weight excluding hydrogens is 288 g/mol. The molecule has 0 atom stereocenters. The number of hydrogen-bond donors (Lipinski definition) is 2. The van der Waals surface area contributed by atoms with Gasteiger partial charge in [-0.25, -0.2) is 0 Å². The summed E-state index contributed by atoms with van der Waals surface area (Å²) in [4.78, 5) is 12.0. The summed E-state index contributed by atoms with van der Waals surface area (Å²) in [5, 5.41) is 6.32. The van der Waals surface area contributed by atoms with E-state index in [0.717, 1.165) is 43.7 Å². The third-order valence-corrected chi connectivity index (χ3v) is 3.68. The summed E-state index contributed by atoms with van der Waals surface area (Å²) in [5.41, 5.74) is 1.15. The van der Waals surface area contributed by atoms with Crippen molar-refractivity contribution in [2.45, 2.75) is 26.2 Å². The van der Waals surface area contributed by atoms with Crippen molar-refractivity contribution < 1.29 is 9.53 Å². The zero-order chi connectivity index (χ0) is 14.2. The van der Waals surface area contributed by atoms with Gasteiger partial charge in [0.25, 0.3) is 0 Å². The van der Waals surface area contributed by atoms with Gasteiger partial charge in [-0.05, 0) is 50.9 Å². The normalized spacial score (nSPS) is 15.1. The number of piperidine rings is 1. The van der Waals surface area contributed by atoms with Crippen LogP contribution in [0.1, 0.15) is 25.3 Å². The Kier molecular flexibility index (Phi) is 8.16. The number of carbonyl (C=O) groups is 1. The first-order valence-corrected chi connectivity index (χ1v) is 7.50. The molecule has 0 aliphatic carbocycles. The van der Waals surface area contributed by atoms with Crippen LogP contribution in [-0.4, -0.2) is 32.1 Å². The summed E-state index contributed by atoms with van der Waals surface area (Å²) in [6.45, 7) is 5.22. The van der Waals surface area contributed by atoms with Crippen LogP contribution in [0.15, 0.2) is 24.3 Å². The lowest BCUT2D eigenvalue weighted by atomic mass is 9.97. The maximum atomic E-state index is 12.0. The highest BCUT2D eigenvalue weighted by molar-refractivity contribution is 5.85. The van der Waals surface area contributed by atoms with Crippen molar-refractivity contribution >= 4 is 18.3 Å². The average Bonchev–Trinajstić information content (AvgIpc) is 2.50. The molecule has 1 amide bonds. The van der Waals surface area contributed by atoms with E-state index in [1.807, 2.05) is 25.1 Å². The van der Waals surface area contributed by atoms with Gasteiger partial charge in [0.05, 0.1) is 6.61 Å². The Morgan fingerprint density at radius 2 is 2.05 bits per heavy atom. The molecule has 0 unspecified atom stereocenters. The first-order chi connectivity index (χ1) is 9.81. The average molecular weight is 313 g/mol. The Morgan fingerprint density at radius 3 is 2.76 bits per heavy atom. The number of benzene rings is 1. The van der Waals surface area contributed by atoms with Gasteiger partial charge in [-0.1, -0.05) is 18.2 Å². The number of nitrogens with one attached hydrogen (secondary N) is 2. The zero-order valence-electron chi connectivity index (χ0n) is 12.6. The van der Waals surface area contributed by atoms with Crippen molar-refractivity contribution in [3.63, 3.8) is 0 Å². The monoisotopic (exact) mass is 312 g/mol. The van der Waals surface area contributed by atoms with Crippen molar-refractivity contribution in [3.05, 3.63) is 29.8 Å².